The van der Waals surface area contributed by atoms with Gasteiger partial charge in [0, 0.05) is 5.69 Å². The van der Waals surface area contributed by atoms with Crippen LogP contribution in [-0.2, 0) is 11.0 Å². The minimum Gasteiger partial charge on any atom is -0.509 e. The molecule has 0 saturated carbocycles. The molecule has 1 aliphatic heterocycles. The number of halogens is 3. The molecule has 0 radical (unpaired) electrons. The Bertz CT molecular complexity index is 690. The third kappa shape index (κ3) is 3.86. The zero-order valence-electron chi connectivity index (χ0n) is 12.9. The third-order valence-electron chi connectivity index (χ3n) is 3.90. The molecule has 1 saturated heterocycles. The summed E-state index contributed by atoms with van der Waals surface area (Å²) in [6, 6.07) is 5.10. The molecular formula is C16H16F3N3O2. The van der Waals surface area contributed by atoms with Crippen LogP contribution >= 0.6 is 0 Å². The molecule has 1 atom stereocenters. The highest BCUT2D eigenvalue weighted by Gasteiger charge is 2.31. The van der Waals surface area contributed by atoms with E-state index in [1.807, 2.05) is 4.90 Å². The average Bonchev–Trinajstić information content (AvgIpc) is 2.93. The summed E-state index contributed by atoms with van der Waals surface area (Å²) in [5, 5.41) is 21.7. The molecule has 0 aromatic heterocycles. The zero-order valence-corrected chi connectivity index (χ0v) is 12.9. The van der Waals surface area contributed by atoms with Gasteiger partial charge >= 0.3 is 6.18 Å². The van der Waals surface area contributed by atoms with E-state index in [1.165, 1.54) is 0 Å². The maximum Gasteiger partial charge on any atom is 0.416 e. The molecule has 2 N–H and O–H groups in total. The summed E-state index contributed by atoms with van der Waals surface area (Å²) in [6.07, 6.45) is -3.00. The molecule has 2 rings (SSSR count). The quantitative estimate of drug-likeness (QED) is 0.504. The van der Waals surface area contributed by atoms with Crippen LogP contribution in [0.3, 0.4) is 0 Å². The minimum absolute atomic E-state index is 0.105. The fourth-order valence-corrected chi connectivity index (χ4v) is 2.58. The molecule has 0 spiro atoms. The Balaban J connectivity index is 2.17. The zero-order chi connectivity index (χ0) is 17.9. The normalized spacial score (nSPS) is 19.5. The monoisotopic (exact) mass is 339 g/mol. The van der Waals surface area contributed by atoms with Crippen molar-refractivity contribution in [3.05, 3.63) is 41.2 Å². The number of aliphatic hydroxyl groups is 1. The van der Waals surface area contributed by atoms with Gasteiger partial charge < -0.3 is 10.4 Å². The number of amides is 1. The highest BCUT2D eigenvalue weighted by molar-refractivity contribution is 6.07. The van der Waals surface area contributed by atoms with E-state index in [0.717, 1.165) is 37.2 Å². The number of benzene rings is 1. The number of anilines is 1. The number of carbonyl (C=O) groups is 1. The molecule has 5 nitrogen and oxygen atoms in total. The molecule has 0 bridgehead atoms. The van der Waals surface area contributed by atoms with Gasteiger partial charge in [-0.1, -0.05) is 0 Å². The Labute approximate surface area is 137 Å². The van der Waals surface area contributed by atoms with Crippen molar-refractivity contribution in [2.24, 2.45) is 0 Å². The van der Waals surface area contributed by atoms with Crippen molar-refractivity contribution in [1.82, 2.24) is 4.90 Å². The van der Waals surface area contributed by atoms with Crippen molar-refractivity contribution in [1.29, 1.82) is 5.26 Å². The standard InChI is InChI=1S/C16H16F3N3O2/c1-22-8-2-3-13(22)14(23)12(9-20)15(24)21-11-6-4-10(5-7-11)16(17,18)19/h4-7,13,23H,2-3,8H2,1H3,(H,21,24)/b14-12-. The van der Waals surface area contributed by atoms with Gasteiger partial charge in [-0.25, -0.2) is 0 Å². The number of aliphatic hydroxyl groups excluding tert-OH is 1. The number of hydrogen-bond donors (Lipinski definition) is 2. The molecule has 1 amide bonds. The van der Waals surface area contributed by atoms with Crippen LogP contribution < -0.4 is 5.32 Å². The fraction of sp³-hybridized carbons (Fsp3) is 0.375. The van der Waals surface area contributed by atoms with Gasteiger partial charge in [-0.2, -0.15) is 18.4 Å². The Kier molecular flexibility index (Phi) is 5.14. The van der Waals surface area contributed by atoms with Crippen molar-refractivity contribution in [2.75, 3.05) is 18.9 Å². The number of carbonyl (C=O) groups excluding carboxylic acids is 1. The van der Waals surface area contributed by atoms with E-state index in [2.05, 4.69) is 5.32 Å². The number of likely N-dealkylation sites (N-methyl/N-ethyl adjacent to an activating group) is 1. The van der Waals surface area contributed by atoms with Crippen LogP contribution in [0.4, 0.5) is 18.9 Å². The van der Waals surface area contributed by atoms with Gasteiger partial charge in [0.15, 0.2) is 5.57 Å². The van der Waals surface area contributed by atoms with Crippen LogP contribution in [0, 0.1) is 11.3 Å². The van der Waals surface area contributed by atoms with E-state index < -0.39 is 29.3 Å². The molecule has 128 valence electrons. The first-order chi connectivity index (χ1) is 11.2. The largest absolute Gasteiger partial charge is 0.509 e. The van der Waals surface area contributed by atoms with Crippen molar-refractivity contribution in [3.8, 4) is 6.07 Å². The number of nitrogens with zero attached hydrogens (tertiary/aromatic N) is 2. The number of nitrogens with one attached hydrogen (secondary N) is 1. The number of alkyl halides is 3. The van der Waals surface area contributed by atoms with Crippen LogP contribution in [0.1, 0.15) is 18.4 Å². The predicted octanol–water partition coefficient (Wildman–Crippen LogP) is 3.07. The lowest BCUT2D eigenvalue weighted by atomic mass is 10.1. The maximum absolute atomic E-state index is 12.5. The van der Waals surface area contributed by atoms with E-state index in [0.29, 0.717) is 6.42 Å². The van der Waals surface area contributed by atoms with Gasteiger partial charge in [-0.05, 0) is 50.7 Å². The number of rotatable bonds is 3. The summed E-state index contributed by atoms with van der Waals surface area (Å²) in [7, 11) is 1.77. The Morgan fingerprint density at radius 3 is 2.46 bits per heavy atom. The molecule has 8 heteroatoms. The highest BCUT2D eigenvalue weighted by Crippen LogP contribution is 2.30. The molecule has 24 heavy (non-hydrogen) atoms. The lowest BCUT2D eigenvalue weighted by Gasteiger charge is -2.19. The van der Waals surface area contributed by atoms with Crippen molar-refractivity contribution < 1.29 is 23.1 Å². The summed E-state index contributed by atoms with van der Waals surface area (Å²) in [5.41, 5.74) is -1.17. The van der Waals surface area contributed by atoms with Crippen LogP contribution in [0.2, 0.25) is 0 Å². The van der Waals surface area contributed by atoms with Crippen molar-refractivity contribution >= 4 is 11.6 Å². The number of nitriles is 1. The highest BCUT2D eigenvalue weighted by atomic mass is 19.4. The first kappa shape index (κ1) is 17.8. The van der Waals surface area contributed by atoms with E-state index >= 15 is 0 Å². The topological polar surface area (TPSA) is 76.4 Å². The van der Waals surface area contributed by atoms with Gasteiger partial charge in [-0.15, -0.1) is 0 Å². The summed E-state index contributed by atoms with van der Waals surface area (Å²) in [4.78, 5) is 14.0. The maximum atomic E-state index is 12.5. The summed E-state index contributed by atoms with van der Waals surface area (Å²) < 4.78 is 37.5. The van der Waals surface area contributed by atoms with Gasteiger partial charge in [0.25, 0.3) is 5.91 Å². The fourth-order valence-electron chi connectivity index (χ4n) is 2.58. The predicted molar refractivity (Wildman–Crippen MR) is 81.0 cm³/mol. The first-order valence-electron chi connectivity index (χ1n) is 7.26. The molecule has 0 aliphatic carbocycles. The Morgan fingerprint density at radius 2 is 2.00 bits per heavy atom. The summed E-state index contributed by atoms with van der Waals surface area (Å²) in [6.45, 7) is 0.744. The minimum atomic E-state index is -4.47. The Hall–Kier alpha value is -2.53. The number of likely N-dealkylation sites (tertiary alicyclic amines) is 1. The molecule has 1 unspecified atom stereocenters. The van der Waals surface area contributed by atoms with Gasteiger partial charge in [0.1, 0.15) is 11.8 Å². The molecule has 1 heterocycles. The second-order valence-corrected chi connectivity index (χ2v) is 5.54. The third-order valence-corrected chi connectivity index (χ3v) is 3.90. The van der Waals surface area contributed by atoms with E-state index in [-0.39, 0.29) is 11.4 Å². The second-order valence-electron chi connectivity index (χ2n) is 5.54. The SMILES string of the molecule is CN1CCCC1/C(O)=C(\C#N)C(=O)Nc1ccc(C(F)(F)F)cc1. The van der Waals surface area contributed by atoms with E-state index in [4.69, 9.17) is 5.26 Å². The number of hydrogen-bond acceptors (Lipinski definition) is 4. The second kappa shape index (κ2) is 6.93. The summed E-state index contributed by atoms with van der Waals surface area (Å²) in [5.74, 6) is -1.17. The van der Waals surface area contributed by atoms with Crippen LogP contribution in [0.15, 0.2) is 35.6 Å². The Morgan fingerprint density at radius 1 is 1.38 bits per heavy atom. The van der Waals surface area contributed by atoms with Gasteiger partial charge in [0.05, 0.1) is 11.6 Å². The van der Waals surface area contributed by atoms with Gasteiger partial charge in [0.2, 0.25) is 0 Å². The average molecular weight is 339 g/mol. The van der Waals surface area contributed by atoms with Crippen LogP contribution in [-0.4, -0.2) is 35.5 Å². The summed E-state index contributed by atoms with van der Waals surface area (Å²) >= 11 is 0. The molecular weight excluding hydrogens is 323 g/mol. The molecule has 1 aromatic carbocycles. The smallest absolute Gasteiger partial charge is 0.416 e. The molecule has 1 aromatic rings. The lowest BCUT2D eigenvalue weighted by molar-refractivity contribution is -0.137. The van der Waals surface area contributed by atoms with E-state index in [9.17, 15) is 23.1 Å². The van der Waals surface area contributed by atoms with Crippen molar-refractivity contribution in [3.63, 3.8) is 0 Å². The van der Waals surface area contributed by atoms with E-state index in [1.54, 1.807) is 13.1 Å². The first-order valence-corrected chi connectivity index (χ1v) is 7.26. The molecule has 1 fully saturated rings. The van der Waals surface area contributed by atoms with Crippen LogP contribution in [0.5, 0.6) is 0 Å². The lowest BCUT2D eigenvalue weighted by Crippen LogP contribution is -2.29. The van der Waals surface area contributed by atoms with Gasteiger partial charge in [-0.3, -0.25) is 9.69 Å². The van der Waals surface area contributed by atoms with Crippen LogP contribution in [0.25, 0.3) is 0 Å². The van der Waals surface area contributed by atoms with Crippen molar-refractivity contribution in [2.45, 2.75) is 25.1 Å². The molecule has 1 aliphatic rings.